The van der Waals surface area contributed by atoms with Crippen LogP contribution in [0.3, 0.4) is 0 Å². The van der Waals surface area contributed by atoms with Crippen molar-refractivity contribution in [2.24, 2.45) is 0 Å². The number of rotatable bonds is 5. The molecule has 0 N–H and O–H groups in total. The topological polar surface area (TPSA) is 35.5 Å². The molecule has 0 saturated heterocycles. The smallest absolute Gasteiger partial charge is 0.338 e. The Morgan fingerprint density at radius 1 is 1.00 bits per heavy atom. The van der Waals surface area contributed by atoms with E-state index in [4.69, 9.17) is 9.47 Å². The molecule has 0 amide bonds. The van der Waals surface area contributed by atoms with Gasteiger partial charge in [0, 0.05) is 0 Å². The lowest BCUT2D eigenvalue weighted by molar-refractivity contribution is 0.0526. The van der Waals surface area contributed by atoms with Crippen LogP contribution < -0.4 is 4.74 Å². The maximum absolute atomic E-state index is 13.9. The highest BCUT2D eigenvalue weighted by Crippen LogP contribution is 2.36. The van der Waals surface area contributed by atoms with Crippen LogP contribution in [-0.2, 0) is 4.74 Å². The third-order valence-corrected chi connectivity index (χ3v) is 3.74. The van der Waals surface area contributed by atoms with Crippen molar-refractivity contribution in [1.29, 1.82) is 0 Å². The van der Waals surface area contributed by atoms with Crippen LogP contribution in [0.1, 0.15) is 17.3 Å². The zero-order valence-electron chi connectivity index (χ0n) is 12.7. The van der Waals surface area contributed by atoms with Crippen LogP contribution in [0, 0.1) is 23.3 Å². The lowest BCUT2D eigenvalue weighted by Crippen LogP contribution is -2.05. The van der Waals surface area contributed by atoms with Gasteiger partial charge in [0.15, 0.2) is 11.6 Å². The molecular formula is C16H12F4O3S. The van der Waals surface area contributed by atoms with Crippen molar-refractivity contribution in [3.8, 4) is 11.5 Å². The summed E-state index contributed by atoms with van der Waals surface area (Å²) in [6.45, 7) is 1.83. The summed E-state index contributed by atoms with van der Waals surface area (Å²) in [7, 11) is 0. The largest absolute Gasteiger partial charge is 0.462 e. The minimum absolute atomic E-state index is 0.100. The Morgan fingerprint density at radius 2 is 1.54 bits per heavy atom. The molecule has 0 saturated carbocycles. The minimum atomic E-state index is -1.63. The molecule has 2 rings (SSSR count). The van der Waals surface area contributed by atoms with E-state index < -0.39 is 39.9 Å². The summed E-state index contributed by atoms with van der Waals surface area (Å²) in [4.78, 5) is 10.7. The van der Waals surface area contributed by atoms with Gasteiger partial charge in [-0.15, -0.1) is 11.8 Å². The SMILES string of the molecule is CCOC(=O)c1ccc(Oc2c(F)c(F)c(SC)c(F)c2F)cc1. The average molecular weight is 360 g/mol. The second-order valence-corrected chi connectivity index (χ2v) is 5.28. The number of hydrogen-bond acceptors (Lipinski definition) is 4. The molecule has 0 radical (unpaired) electrons. The van der Waals surface area contributed by atoms with Crippen LogP contribution in [0.15, 0.2) is 29.2 Å². The molecule has 0 bridgehead atoms. The fourth-order valence-corrected chi connectivity index (χ4v) is 2.39. The van der Waals surface area contributed by atoms with E-state index in [1.807, 2.05) is 0 Å². The maximum atomic E-state index is 13.9. The van der Waals surface area contributed by atoms with E-state index in [9.17, 15) is 22.4 Å². The molecule has 2 aromatic rings. The highest BCUT2D eigenvalue weighted by atomic mass is 32.2. The third-order valence-electron chi connectivity index (χ3n) is 2.97. The van der Waals surface area contributed by atoms with E-state index in [2.05, 4.69) is 0 Å². The molecule has 128 valence electrons. The van der Waals surface area contributed by atoms with Crippen molar-refractivity contribution >= 4 is 17.7 Å². The van der Waals surface area contributed by atoms with Gasteiger partial charge in [0.05, 0.1) is 17.1 Å². The van der Waals surface area contributed by atoms with Gasteiger partial charge >= 0.3 is 5.97 Å². The molecule has 0 aromatic heterocycles. The van der Waals surface area contributed by atoms with Crippen molar-refractivity contribution in [2.75, 3.05) is 12.9 Å². The first-order chi connectivity index (χ1) is 11.4. The number of benzene rings is 2. The zero-order valence-corrected chi connectivity index (χ0v) is 13.5. The Kier molecular flexibility index (Phi) is 5.71. The van der Waals surface area contributed by atoms with E-state index in [1.165, 1.54) is 30.5 Å². The number of halogens is 4. The lowest BCUT2D eigenvalue weighted by atomic mass is 10.2. The van der Waals surface area contributed by atoms with E-state index in [0.717, 1.165) is 0 Å². The molecule has 0 atom stereocenters. The lowest BCUT2D eigenvalue weighted by Gasteiger charge is -2.12. The molecular weight excluding hydrogens is 348 g/mol. The number of carbonyl (C=O) groups excluding carboxylic acids is 1. The van der Waals surface area contributed by atoms with Gasteiger partial charge in [0.1, 0.15) is 5.75 Å². The van der Waals surface area contributed by atoms with Crippen LogP contribution in [-0.4, -0.2) is 18.8 Å². The fourth-order valence-electron chi connectivity index (χ4n) is 1.85. The number of thioether (sulfide) groups is 1. The van der Waals surface area contributed by atoms with Gasteiger partial charge in [-0.05, 0) is 37.4 Å². The molecule has 3 nitrogen and oxygen atoms in total. The predicted octanol–water partition coefficient (Wildman–Crippen LogP) is 4.93. The summed E-state index contributed by atoms with van der Waals surface area (Å²) in [6, 6.07) is 5.05. The van der Waals surface area contributed by atoms with Crippen LogP contribution in [0.2, 0.25) is 0 Å². The number of esters is 1. The molecule has 0 heterocycles. The summed E-state index contributed by atoms with van der Waals surface area (Å²) in [5.74, 6) is -8.19. The highest BCUT2D eigenvalue weighted by molar-refractivity contribution is 7.98. The van der Waals surface area contributed by atoms with Crippen LogP contribution in [0.5, 0.6) is 11.5 Å². The molecule has 24 heavy (non-hydrogen) atoms. The fraction of sp³-hybridized carbons (Fsp3) is 0.188. The number of ether oxygens (including phenoxy) is 2. The monoisotopic (exact) mass is 360 g/mol. The normalized spacial score (nSPS) is 10.6. The molecule has 0 fully saturated rings. The molecule has 0 aliphatic rings. The standard InChI is InChI=1S/C16H12F4O3S/c1-3-22-16(21)8-4-6-9(7-5-8)23-14-10(17)12(19)15(24-2)13(20)11(14)18/h4-7H,3H2,1-2H3. The second kappa shape index (κ2) is 7.57. The summed E-state index contributed by atoms with van der Waals surface area (Å²) in [6.07, 6.45) is 1.29. The summed E-state index contributed by atoms with van der Waals surface area (Å²) >= 11 is 0.538. The Bertz CT molecular complexity index is 734. The molecule has 0 unspecified atom stereocenters. The summed E-state index contributed by atoms with van der Waals surface area (Å²) in [5.41, 5.74) is 0.195. The first kappa shape index (κ1) is 18.1. The Hall–Kier alpha value is -2.22. The van der Waals surface area contributed by atoms with Gasteiger partial charge in [-0.1, -0.05) is 0 Å². The quantitative estimate of drug-likeness (QED) is 0.328. The summed E-state index contributed by atoms with van der Waals surface area (Å²) < 4.78 is 64.9. The van der Waals surface area contributed by atoms with Gasteiger partial charge in [0.2, 0.25) is 17.4 Å². The Morgan fingerprint density at radius 3 is 2.00 bits per heavy atom. The van der Waals surface area contributed by atoms with Crippen molar-refractivity contribution in [3.05, 3.63) is 53.1 Å². The van der Waals surface area contributed by atoms with Crippen LogP contribution in [0.4, 0.5) is 17.6 Å². The maximum Gasteiger partial charge on any atom is 0.338 e. The third kappa shape index (κ3) is 3.48. The first-order valence-corrected chi connectivity index (χ1v) is 7.98. The molecule has 8 heteroatoms. The second-order valence-electron chi connectivity index (χ2n) is 4.47. The van der Waals surface area contributed by atoms with E-state index in [0.29, 0.717) is 11.8 Å². The van der Waals surface area contributed by atoms with E-state index >= 15 is 0 Å². The van der Waals surface area contributed by atoms with E-state index in [-0.39, 0.29) is 17.9 Å². The molecule has 2 aromatic carbocycles. The molecule has 0 spiro atoms. The zero-order chi connectivity index (χ0) is 17.9. The minimum Gasteiger partial charge on any atom is -0.462 e. The Balaban J connectivity index is 2.33. The number of hydrogen-bond donors (Lipinski definition) is 0. The van der Waals surface area contributed by atoms with Gasteiger partial charge in [-0.3, -0.25) is 0 Å². The molecule has 0 aliphatic heterocycles. The predicted molar refractivity (Wildman–Crippen MR) is 80.5 cm³/mol. The van der Waals surface area contributed by atoms with Gasteiger partial charge < -0.3 is 9.47 Å². The average Bonchev–Trinajstić information content (AvgIpc) is 2.58. The van der Waals surface area contributed by atoms with Crippen molar-refractivity contribution in [3.63, 3.8) is 0 Å². The van der Waals surface area contributed by atoms with Crippen molar-refractivity contribution in [2.45, 2.75) is 11.8 Å². The van der Waals surface area contributed by atoms with Gasteiger partial charge in [-0.2, -0.15) is 8.78 Å². The Labute approximate surface area is 139 Å². The van der Waals surface area contributed by atoms with Crippen molar-refractivity contribution < 1.29 is 31.8 Å². The number of carbonyl (C=O) groups is 1. The van der Waals surface area contributed by atoms with Crippen LogP contribution in [0.25, 0.3) is 0 Å². The highest BCUT2D eigenvalue weighted by Gasteiger charge is 2.26. The first-order valence-electron chi connectivity index (χ1n) is 6.75. The van der Waals surface area contributed by atoms with Crippen molar-refractivity contribution in [1.82, 2.24) is 0 Å². The van der Waals surface area contributed by atoms with Gasteiger partial charge in [-0.25, -0.2) is 13.6 Å². The van der Waals surface area contributed by atoms with Crippen LogP contribution >= 0.6 is 11.8 Å². The van der Waals surface area contributed by atoms with Gasteiger partial charge in [0.25, 0.3) is 0 Å². The summed E-state index contributed by atoms with van der Waals surface area (Å²) in [5, 5.41) is 0. The van der Waals surface area contributed by atoms with E-state index in [1.54, 1.807) is 6.92 Å². The molecule has 0 aliphatic carbocycles.